The SMILES string of the molecule is CCCCCCn1ncn(C)c1=O. The minimum atomic E-state index is -0.0171. The molecule has 1 heterocycles. The van der Waals surface area contributed by atoms with E-state index < -0.39 is 0 Å². The van der Waals surface area contributed by atoms with Crippen molar-refractivity contribution < 1.29 is 0 Å². The van der Waals surface area contributed by atoms with E-state index >= 15 is 0 Å². The number of rotatable bonds is 5. The van der Waals surface area contributed by atoms with E-state index in [4.69, 9.17) is 0 Å². The first-order chi connectivity index (χ1) is 6.25. The maximum absolute atomic E-state index is 11.3. The van der Waals surface area contributed by atoms with E-state index in [2.05, 4.69) is 12.0 Å². The number of unbranched alkanes of at least 4 members (excludes halogenated alkanes) is 3. The second-order valence-electron chi connectivity index (χ2n) is 3.31. The summed E-state index contributed by atoms with van der Waals surface area (Å²) in [5.41, 5.74) is -0.0171. The first-order valence-corrected chi connectivity index (χ1v) is 4.84. The molecule has 0 amide bonds. The van der Waals surface area contributed by atoms with Crippen LogP contribution in [0.4, 0.5) is 0 Å². The molecule has 0 aromatic carbocycles. The fourth-order valence-corrected chi connectivity index (χ4v) is 1.26. The molecule has 1 rings (SSSR count). The van der Waals surface area contributed by atoms with Crippen molar-refractivity contribution in [1.29, 1.82) is 0 Å². The lowest BCUT2D eigenvalue weighted by Crippen LogP contribution is -2.22. The van der Waals surface area contributed by atoms with Crippen LogP contribution in [-0.2, 0) is 13.6 Å². The minimum absolute atomic E-state index is 0.0171. The van der Waals surface area contributed by atoms with Crippen molar-refractivity contribution in [1.82, 2.24) is 14.3 Å². The summed E-state index contributed by atoms with van der Waals surface area (Å²) in [6.07, 6.45) is 6.24. The summed E-state index contributed by atoms with van der Waals surface area (Å²) in [4.78, 5) is 11.3. The molecule has 4 nitrogen and oxygen atoms in total. The summed E-state index contributed by atoms with van der Waals surface area (Å²) >= 11 is 0. The fourth-order valence-electron chi connectivity index (χ4n) is 1.26. The van der Waals surface area contributed by atoms with Gasteiger partial charge in [0.2, 0.25) is 0 Å². The van der Waals surface area contributed by atoms with E-state index in [1.54, 1.807) is 13.4 Å². The molecule has 0 aliphatic carbocycles. The molecule has 74 valence electrons. The molecular weight excluding hydrogens is 166 g/mol. The average molecular weight is 183 g/mol. The highest BCUT2D eigenvalue weighted by atomic mass is 16.2. The van der Waals surface area contributed by atoms with Crippen LogP contribution in [0, 0.1) is 0 Å². The smallest absolute Gasteiger partial charge is 0.285 e. The van der Waals surface area contributed by atoms with E-state index in [-0.39, 0.29) is 5.69 Å². The fraction of sp³-hybridized carbons (Fsp3) is 0.778. The topological polar surface area (TPSA) is 39.8 Å². The van der Waals surface area contributed by atoms with Crippen LogP contribution in [0.5, 0.6) is 0 Å². The summed E-state index contributed by atoms with van der Waals surface area (Å²) in [5.74, 6) is 0. The molecule has 0 unspecified atom stereocenters. The van der Waals surface area contributed by atoms with Gasteiger partial charge in [0.1, 0.15) is 6.33 Å². The van der Waals surface area contributed by atoms with Crippen LogP contribution < -0.4 is 5.69 Å². The van der Waals surface area contributed by atoms with Crippen LogP contribution in [0.25, 0.3) is 0 Å². The third-order valence-electron chi connectivity index (χ3n) is 2.11. The molecular formula is C9H17N3O. The van der Waals surface area contributed by atoms with Gasteiger partial charge in [-0.1, -0.05) is 26.2 Å². The Bertz CT molecular complexity index is 300. The van der Waals surface area contributed by atoms with E-state index in [1.807, 2.05) is 0 Å². The monoisotopic (exact) mass is 183 g/mol. The van der Waals surface area contributed by atoms with Crippen LogP contribution in [0.3, 0.4) is 0 Å². The van der Waals surface area contributed by atoms with Gasteiger partial charge < -0.3 is 0 Å². The Labute approximate surface area is 78.2 Å². The molecule has 0 bridgehead atoms. The van der Waals surface area contributed by atoms with Crippen molar-refractivity contribution in [3.8, 4) is 0 Å². The molecule has 0 N–H and O–H groups in total. The number of aryl methyl sites for hydroxylation is 2. The summed E-state index contributed by atoms with van der Waals surface area (Å²) in [6.45, 7) is 2.92. The number of nitrogens with zero attached hydrogens (tertiary/aromatic N) is 3. The standard InChI is InChI=1S/C9H17N3O/c1-3-4-5-6-7-12-9(13)11(2)8-10-12/h8H,3-7H2,1-2H3. The number of hydrogen-bond donors (Lipinski definition) is 0. The lowest BCUT2D eigenvalue weighted by atomic mass is 10.2. The summed E-state index contributed by atoms with van der Waals surface area (Å²) in [7, 11) is 1.72. The van der Waals surface area contributed by atoms with E-state index in [0.717, 1.165) is 13.0 Å². The van der Waals surface area contributed by atoms with Gasteiger partial charge in [-0.05, 0) is 6.42 Å². The van der Waals surface area contributed by atoms with Crippen LogP contribution >= 0.6 is 0 Å². The van der Waals surface area contributed by atoms with Crippen LogP contribution in [0.1, 0.15) is 32.6 Å². The molecule has 4 heteroatoms. The van der Waals surface area contributed by atoms with Crippen molar-refractivity contribution in [2.24, 2.45) is 7.05 Å². The zero-order valence-corrected chi connectivity index (χ0v) is 8.36. The van der Waals surface area contributed by atoms with Crippen LogP contribution in [0.15, 0.2) is 11.1 Å². The maximum atomic E-state index is 11.3. The molecule has 0 spiro atoms. The lowest BCUT2D eigenvalue weighted by molar-refractivity contribution is 0.524. The number of aromatic nitrogens is 3. The van der Waals surface area contributed by atoms with Gasteiger partial charge in [0.05, 0.1) is 0 Å². The average Bonchev–Trinajstić information content (AvgIpc) is 2.43. The van der Waals surface area contributed by atoms with Crippen molar-refractivity contribution in [2.45, 2.75) is 39.2 Å². The zero-order chi connectivity index (χ0) is 9.68. The van der Waals surface area contributed by atoms with Gasteiger partial charge in [-0.2, -0.15) is 5.10 Å². The van der Waals surface area contributed by atoms with Gasteiger partial charge in [-0.3, -0.25) is 4.57 Å². The molecule has 0 saturated carbocycles. The Kier molecular flexibility index (Phi) is 3.73. The molecule has 0 fully saturated rings. The molecule has 0 saturated heterocycles. The van der Waals surface area contributed by atoms with E-state index in [1.165, 1.54) is 28.5 Å². The molecule has 0 aliphatic heterocycles. The van der Waals surface area contributed by atoms with E-state index in [0.29, 0.717) is 0 Å². The van der Waals surface area contributed by atoms with Crippen molar-refractivity contribution in [3.63, 3.8) is 0 Å². The Morgan fingerprint density at radius 1 is 1.38 bits per heavy atom. The van der Waals surface area contributed by atoms with E-state index in [9.17, 15) is 4.79 Å². The highest BCUT2D eigenvalue weighted by molar-refractivity contribution is 4.64. The Morgan fingerprint density at radius 2 is 2.15 bits per heavy atom. The molecule has 0 radical (unpaired) electrons. The van der Waals surface area contributed by atoms with Gasteiger partial charge in [0.25, 0.3) is 0 Å². The quantitative estimate of drug-likeness (QED) is 0.643. The second-order valence-corrected chi connectivity index (χ2v) is 3.31. The Hall–Kier alpha value is -1.06. The molecule has 1 aromatic heterocycles. The second kappa shape index (κ2) is 4.84. The van der Waals surface area contributed by atoms with Crippen LogP contribution in [-0.4, -0.2) is 14.3 Å². The Balaban J connectivity index is 2.37. The molecule has 0 aliphatic rings. The minimum Gasteiger partial charge on any atom is -0.285 e. The zero-order valence-electron chi connectivity index (χ0n) is 8.36. The highest BCUT2D eigenvalue weighted by Gasteiger charge is 1.99. The third-order valence-corrected chi connectivity index (χ3v) is 2.11. The van der Waals surface area contributed by atoms with Gasteiger partial charge in [-0.25, -0.2) is 9.48 Å². The Morgan fingerprint density at radius 3 is 2.69 bits per heavy atom. The lowest BCUT2D eigenvalue weighted by Gasteiger charge is -1.98. The highest BCUT2D eigenvalue weighted by Crippen LogP contribution is 1.99. The molecule has 13 heavy (non-hydrogen) atoms. The third kappa shape index (κ3) is 2.72. The van der Waals surface area contributed by atoms with Gasteiger partial charge in [-0.15, -0.1) is 0 Å². The van der Waals surface area contributed by atoms with Crippen molar-refractivity contribution >= 4 is 0 Å². The number of hydrogen-bond acceptors (Lipinski definition) is 2. The predicted molar refractivity (Wildman–Crippen MR) is 51.6 cm³/mol. The van der Waals surface area contributed by atoms with Gasteiger partial charge in [0.15, 0.2) is 0 Å². The summed E-state index contributed by atoms with van der Waals surface area (Å²) in [6, 6.07) is 0. The van der Waals surface area contributed by atoms with Crippen molar-refractivity contribution in [3.05, 3.63) is 16.8 Å². The summed E-state index contributed by atoms with van der Waals surface area (Å²) in [5, 5.41) is 3.98. The first kappa shape index (κ1) is 10.0. The largest absolute Gasteiger partial charge is 0.345 e. The molecule has 0 atom stereocenters. The maximum Gasteiger partial charge on any atom is 0.345 e. The van der Waals surface area contributed by atoms with Crippen molar-refractivity contribution in [2.75, 3.05) is 0 Å². The predicted octanol–water partition coefficient (Wildman–Crippen LogP) is 1.16. The van der Waals surface area contributed by atoms with Crippen LogP contribution in [0.2, 0.25) is 0 Å². The van der Waals surface area contributed by atoms with Gasteiger partial charge >= 0.3 is 5.69 Å². The van der Waals surface area contributed by atoms with Gasteiger partial charge in [0, 0.05) is 13.6 Å². The first-order valence-electron chi connectivity index (χ1n) is 4.84. The molecule has 1 aromatic rings. The summed E-state index contributed by atoms with van der Waals surface area (Å²) < 4.78 is 3.02. The normalized spacial score (nSPS) is 10.6.